The first kappa shape index (κ1) is 21.0. The Morgan fingerprint density at radius 2 is 1.55 bits per heavy atom. The summed E-state index contributed by atoms with van der Waals surface area (Å²) in [6, 6.07) is 37.3. The number of fused-ring (bicyclic) bond motifs is 12. The van der Waals surface area contributed by atoms with Crippen LogP contribution in [0.3, 0.4) is 0 Å². The van der Waals surface area contributed by atoms with E-state index >= 15 is 0 Å². The van der Waals surface area contributed by atoms with Crippen molar-refractivity contribution in [1.29, 1.82) is 0 Å². The van der Waals surface area contributed by atoms with E-state index < -0.39 is 0 Å². The van der Waals surface area contributed by atoms with Crippen LogP contribution in [0.15, 0.2) is 126 Å². The number of rotatable bonds is 1. The van der Waals surface area contributed by atoms with Crippen LogP contribution in [-0.4, -0.2) is 11.8 Å². The Morgan fingerprint density at radius 1 is 0.725 bits per heavy atom. The molecule has 1 atom stereocenters. The lowest BCUT2D eigenvalue weighted by Gasteiger charge is -2.32. The van der Waals surface area contributed by atoms with Gasteiger partial charge in [-0.05, 0) is 29.8 Å². The van der Waals surface area contributed by atoms with Gasteiger partial charge < -0.3 is 9.32 Å². The second kappa shape index (κ2) is 7.38. The normalized spacial score (nSPS) is 17.1. The van der Waals surface area contributed by atoms with Crippen molar-refractivity contribution in [1.82, 2.24) is 4.58 Å². The zero-order chi connectivity index (χ0) is 25.9. The molecule has 40 heavy (non-hydrogen) atoms. The van der Waals surface area contributed by atoms with Gasteiger partial charge in [0.2, 0.25) is 17.1 Å². The summed E-state index contributed by atoms with van der Waals surface area (Å²) in [6.45, 7) is 0. The maximum atomic E-state index is 6.17. The van der Waals surface area contributed by atoms with E-state index in [9.17, 15) is 0 Å². The highest BCUT2D eigenvalue weighted by Crippen LogP contribution is 2.56. The molecule has 0 saturated heterocycles. The third-order valence-electron chi connectivity index (χ3n) is 8.71. The standard InChI is InChI=1S/C36H21N2OS/c1-5-14-31-22(8-1)27-20-21(16-19-32(27)39-31)37-28-11-3-4-12-29(28)38-34-24(10-7-13-30(34)37)25-17-18-26-23-9-2-6-15-33(23)40-36(26)35(25)38/h1-20,34H/q+1. The minimum absolute atomic E-state index is 0.113. The van der Waals surface area contributed by atoms with Gasteiger partial charge in [0.15, 0.2) is 0 Å². The number of thiophene rings is 1. The molecule has 0 spiro atoms. The first-order valence-corrected chi connectivity index (χ1v) is 14.5. The largest absolute Gasteiger partial charge is 0.456 e. The van der Waals surface area contributed by atoms with Crippen LogP contribution in [0.2, 0.25) is 0 Å². The van der Waals surface area contributed by atoms with Crippen molar-refractivity contribution < 1.29 is 4.42 Å². The second-order valence-corrected chi connectivity index (χ2v) is 11.8. The van der Waals surface area contributed by atoms with E-state index in [-0.39, 0.29) is 6.04 Å². The Bertz CT molecular complexity index is 2350. The van der Waals surface area contributed by atoms with Crippen molar-refractivity contribution in [2.24, 2.45) is 0 Å². The molecule has 3 nitrogen and oxygen atoms in total. The van der Waals surface area contributed by atoms with Crippen molar-refractivity contribution in [2.45, 2.75) is 6.04 Å². The van der Waals surface area contributed by atoms with E-state index in [2.05, 4.69) is 119 Å². The lowest BCUT2D eigenvalue weighted by atomic mass is 9.92. The number of hydrogen-bond acceptors (Lipinski definition) is 3. The topological polar surface area (TPSA) is 19.4 Å². The van der Waals surface area contributed by atoms with E-state index in [1.54, 1.807) is 0 Å². The van der Waals surface area contributed by atoms with Gasteiger partial charge in [-0.1, -0.05) is 72.8 Å². The summed E-state index contributed by atoms with van der Waals surface area (Å²) in [5.41, 5.74) is 10.7. The number of para-hydroxylation sites is 3. The highest BCUT2D eigenvalue weighted by atomic mass is 32.1. The average molecular weight is 530 g/mol. The fraction of sp³-hybridized carbons (Fsp3) is 0.0278. The fourth-order valence-electron chi connectivity index (χ4n) is 7.07. The highest BCUT2D eigenvalue weighted by Gasteiger charge is 2.49. The smallest absolute Gasteiger partial charge is 0.235 e. The molecule has 0 amide bonds. The zero-order valence-corrected chi connectivity index (χ0v) is 22.2. The van der Waals surface area contributed by atoms with Crippen LogP contribution in [0.5, 0.6) is 0 Å². The Kier molecular flexibility index (Phi) is 3.87. The van der Waals surface area contributed by atoms with Crippen molar-refractivity contribution in [2.75, 3.05) is 4.90 Å². The van der Waals surface area contributed by atoms with Gasteiger partial charge in [0.05, 0.1) is 10.4 Å². The number of furan rings is 1. The SMILES string of the molecule is C1=CC2=[N+](c3ccc4oc5ccccc5c4c3)c3ccccc3N3c4c(ccc5c4sc4ccccc45)C(=C1)C23. The minimum Gasteiger partial charge on any atom is -0.456 e. The molecule has 2 aromatic heterocycles. The predicted molar refractivity (Wildman–Crippen MR) is 169 cm³/mol. The lowest BCUT2D eigenvalue weighted by Crippen LogP contribution is -2.43. The molecule has 0 bridgehead atoms. The van der Waals surface area contributed by atoms with Crippen LogP contribution >= 0.6 is 11.3 Å². The van der Waals surface area contributed by atoms with E-state index in [0.717, 1.165) is 27.6 Å². The zero-order valence-electron chi connectivity index (χ0n) is 21.3. The first-order valence-electron chi connectivity index (χ1n) is 13.6. The second-order valence-electron chi connectivity index (χ2n) is 10.7. The quantitative estimate of drug-likeness (QED) is 0.197. The molecule has 0 radical (unpaired) electrons. The van der Waals surface area contributed by atoms with Crippen LogP contribution in [0.4, 0.5) is 22.7 Å². The van der Waals surface area contributed by atoms with Gasteiger partial charge in [-0.3, -0.25) is 0 Å². The van der Waals surface area contributed by atoms with Gasteiger partial charge in [-0.15, -0.1) is 11.3 Å². The van der Waals surface area contributed by atoms with Crippen LogP contribution in [-0.2, 0) is 0 Å². The van der Waals surface area contributed by atoms with Gasteiger partial charge in [0.25, 0.3) is 0 Å². The Morgan fingerprint density at radius 3 is 2.52 bits per heavy atom. The maximum Gasteiger partial charge on any atom is 0.235 e. The molecule has 186 valence electrons. The molecule has 3 aliphatic rings. The van der Waals surface area contributed by atoms with Gasteiger partial charge >= 0.3 is 0 Å². The van der Waals surface area contributed by atoms with Gasteiger partial charge in [-0.2, -0.15) is 4.58 Å². The summed E-state index contributed by atoms with van der Waals surface area (Å²) < 4.78 is 11.3. The first-order chi connectivity index (χ1) is 19.8. The molecule has 4 heteroatoms. The molecule has 2 aliphatic heterocycles. The number of benzene rings is 5. The maximum absolute atomic E-state index is 6.17. The molecule has 7 aromatic rings. The monoisotopic (exact) mass is 529 g/mol. The molecule has 1 unspecified atom stereocenters. The third-order valence-corrected chi connectivity index (χ3v) is 9.90. The van der Waals surface area contributed by atoms with Crippen molar-refractivity contribution in [3.8, 4) is 0 Å². The lowest BCUT2D eigenvalue weighted by molar-refractivity contribution is 0.669. The van der Waals surface area contributed by atoms with Crippen LogP contribution < -0.4 is 9.48 Å². The molecular formula is C36H21N2OS+. The minimum atomic E-state index is 0.113. The Hall–Kier alpha value is -4.93. The van der Waals surface area contributed by atoms with Crippen molar-refractivity contribution in [3.63, 3.8) is 0 Å². The van der Waals surface area contributed by atoms with Gasteiger partial charge in [0, 0.05) is 56.1 Å². The van der Waals surface area contributed by atoms with Crippen LogP contribution in [0.25, 0.3) is 47.7 Å². The van der Waals surface area contributed by atoms with E-state index in [1.807, 2.05) is 23.5 Å². The molecule has 0 N–H and O–H groups in total. The van der Waals surface area contributed by atoms with Crippen LogP contribution in [0, 0.1) is 0 Å². The van der Waals surface area contributed by atoms with Crippen molar-refractivity contribution >= 4 is 87.5 Å². The summed E-state index contributed by atoms with van der Waals surface area (Å²) in [7, 11) is 0. The van der Waals surface area contributed by atoms with E-state index in [0.29, 0.717) is 0 Å². The summed E-state index contributed by atoms with van der Waals surface area (Å²) in [6.07, 6.45) is 6.82. The average Bonchev–Trinajstić information content (AvgIpc) is 3.67. The van der Waals surface area contributed by atoms with Crippen molar-refractivity contribution in [3.05, 3.63) is 127 Å². The Labute approximate surface area is 233 Å². The third kappa shape index (κ3) is 2.52. The Balaban J connectivity index is 1.28. The molecular weight excluding hydrogens is 508 g/mol. The van der Waals surface area contributed by atoms with Gasteiger partial charge in [0.1, 0.15) is 22.9 Å². The number of hydrogen-bond donors (Lipinski definition) is 0. The van der Waals surface area contributed by atoms with Crippen LogP contribution in [0.1, 0.15) is 5.56 Å². The fourth-order valence-corrected chi connectivity index (χ4v) is 8.32. The molecule has 10 rings (SSSR count). The number of anilines is 2. The molecule has 0 saturated carbocycles. The van der Waals surface area contributed by atoms with E-state index in [1.165, 1.54) is 54.1 Å². The summed E-state index contributed by atoms with van der Waals surface area (Å²) in [5, 5.41) is 4.97. The molecule has 0 fully saturated rings. The molecule has 5 aromatic carbocycles. The van der Waals surface area contributed by atoms with E-state index in [4.69, 9.17) is 4.42 Å². The summed E-state index contributed by atoms with van der Waals surface area (Å²) in [5.74, 6) is 0. The van der Waals surface area contributed by atoms with Gasteiger partial charge in [-0.25, -0.2) is 0 Å². The molecule has 1 aliphatic carbocycles. The number of allylic oxidation sites excluding steroid dienone is 2. The summed E-state index contributed by atoms with van der Waals surface area (Å²) in [4.78, 5) is 2.59. The predicted octanol–water partition coefficient (Wildman–Crippen LogP) is 9.72. The number of nitrogens with zero attached hydrogens (tertiary/aromatic N) is 2. The highest BCUT2D eigenvalue weighted by molar-refractivity contribution is 7.26. The molecule has 4 heterocycles. The summed E-state index contributed by atoms with van der Waals surface area (Å²) >= 11 is 1.91.